The van der Waals surface area contributed by atoms with Gasteiger partial charge in [0.15, 0.2) is 0 Å². The maximum atomic E-state index is 12.1. The first-order valence-electron chi connectivity index (χ1n) is 7.86. The Balaban J connectivity index is 1.54. The van der Waals surface area contributed by atoms with Crippen molar-refractivity contribution in [3.8, 4) is 11.1 Å². The molecule has 0 aromatic heterocycles. The number of aliphatic hydroxyl groups excluding tert-OH is 1. The first-order valence-corrected chi connectivity index (χ1v) is 7.86. The lowest BCUT2D eigenvalue weighted by molar-refractivity contribution is 0.0937. The molecule has 3 nitrogen and oxygen atoms in total. The van der Waals surface area contributed by atoms with Crippen LogP contribution in [0.1, 0.15) is 29.6 Å². The quantitative estimate of drug-likeness (QED) is 0.859. The van der Waals surface area contributed by atoms with Gasteiger partial charge in [0.05, 0.1) is 6.10 Å². The van der Waals surface area contributed by atoms with E-state index in [1.165, 1.54) is 0 Å². The molecule has 0 saturated heterocycles. The number of nitrogens with one attached hydrogen (secondary N) is 1. The van der Waals surface area contributed by atoms with Gasteiger partial charge in [0.1, 0.15) is 0 Å². The largest absolute Gasteiger partial charge is 0.393 e. The molecular weight excluding hydrogens is 274 g/mol. The van der Waals surface area contributed by atoms with Gasteiger partial charge in [-0.3, -0.25) is 4.79 Å². The second-order valence-corrected chi connectivity index (χ2v) is 5.89. The van der Waals surface area contributed by atoms with Crippen molar-refractivity contribution in [2.75, 3.05) is 6.54 Å². The van der Waals surface area contributed by atoms with Crippen molar-refractivity contribution in [1.82, 2.24) is 5.32 Å². The highest BCUT2D eigenvalue weighted by molar-refractivity contribution is 5.94. The zero-order valence-electron chi connectivity index (χ0n) is 12.5. The lowest BCUT2D eigenvalue weighted by Crippen LogP contribution is -2.27. The zero-order valence-corrected chi connectivity index (χ0v) is 12.5. The van der Waals surface area contributed by atoms with Gasteiger partial charge in [0, 0.05) is 12.1 Å². The van der Waals surface area contributed by atoms with Gasteiger partial charge < -0.3 is 10.4 Å². The Morgan fingerprint density at radius 3 is 2.32 bits per heavy atom. The third-order valence-corrected chi connectivity index (χ3v) is 4.15. The summed E-state index contributed by atoms with van der Waals surface area (Å²) in [6, 6.07) is 17.7. The molecule has 0 aliphatic heterocycles. The minimum absolute atomic E-state index is 0.0809. The second-order valence-electron chi connectivity index (χ2n) is 5.89. The van der Waals surface area contributed by atoms with Crippen molar-refractivity contribution >= 4 is 5.91 Å². The van der Waals surface area contributed by atoms with Crippen LogP contribution in [-0.4, -0.2) is 23.7 Å². The van der Waals surface area contributed by atoms with Crippen LogP contribution in [-0.2, 0) is 0 Å². The molecular formula is C19H21NO2. The van der Waals surface area contributed by atoms with Crippen LogP contribution in [0.3, 0.4) is 0 Å². The van der Waals surface area contributed by atoms with Crippen LogP contribution < -0.4 is 5.32 Å². The molecule has 1 aliphatic carbocycles. The molecule has 1 saturated carbocycles. The summed E-state index contributed by atoms with van der Waals surface area (Å²) >= 11 is 0. The van der Waals surface area contributed by atoms with E-state index in [-0.39, 0.29) is 12.0 Å². The molecule has 1 aliphatic rings. The van der Waals surface area contributed by atoms with E-state index in [0.29, 0.717) is 24.4 Å². The van der Waals surface area contributed by atoms with Gasteiger partial charge in [-0.2, -0.15) is 0 Å². The first kappa shape index (κ1) is 14.8. The molecule has 3 rings (SSSR count). The Kier molecular flexibility index (Phi) is 4.54. The first-order chi connectivity index (χ1) is 10.7. The van der Waals surface area contributed by atoms with E-state index in [2.05, 4.69) is 5.32 Å². The van der Waals surface area contributed by atoms with E-state index in [9.17, 15) is 9.90 Å². The van der Waals surface area contributed by atoms with Gasteiger partial charge in [-0.1, -0.05) is 42.5 Å². The summed E-state index contributed by atoms with van der Waals surface area (Å²) in [5, 5.41) is 12.7. The van der Waals surface area contributed by atoms with Crippen LogP contribution in [0.15, 0.2) is 54.6 Å². The molecule has 1 atom stereocenters. The smallest absolute Gasteiger partial charge is 0.251 e. The van der Waals surface area contributed by atoms with E-state index in [1.807, 2.05) is 54.6 Å². The second kappa shape index (κ2) is 6.75. The monoisotopic (exact) mass is 295 g/mol. The van der Waals surface area contributed by atoms with E-state index >= 15 is 0 Å². The Bertz CT molecular complexity index is 618. The third-order valence-electron chi connectivity index (χ3n) is 4.15. The van der Waals surface area contributed by atoms with Crippen LogP contribution >= 0.6 is 0 Å². The van der Waals surface area contributed by atoms with Crippen molar-refractivity contribution in [3.63, 3.8) is 0 Å². The highest BCUT2D eigenvalue weighted by Gasteiger charge is 2.29. The van der Waals surface area contributed by atoms with Crippen molar-refractivity contribution in [2.45, 2.75) is 25.4 Å². The molecule has 1 fully saturated rings. The molecule has 114 valence electrons. The van der Waals surface area contributed by atoms with E-state index in [4.69, 9.17) is 0 Å². The summed E-state index contributed by atoms with van der Waals surface area (Å²) < 4.78 is 0. The Labute approximate surface area is 131 Å². The van der Waals surface area contributed by atoms with Gasteiger partial charge in [-0.15, -0.1) is 0 Å². The Morgan fingerprint density at radius 1 is 1.05 bits per heavy atom. The van der Waals surface area contributed by atoms with Crippen molar-refractivity contribution in [3.05, 3.63) is 60.2 Å². The average Bonchev–Trinajstić information content (AvgIpc) is 3.40. The minimum Gasteiger partial charge on any atom is -0.393 e. The molecule has 0 bridgehead atoms. The summed E-state index contributed by atoms with van der Waals surface area (Å²) in [6.45, 7) is 0.525. The van der Waals surface area contributed by atoms with E-state index in [0.717, 1.165) is 24.0 Å². The standard InChI is InChI=1S/C19H21NO2/c21-18(16-8-9-16)12-13-20-19(22)17-10-6-15(7-11-17)14-4-2-1-3-5-14/h1-7,10-11,16,18,21H,8-9,12-13H2,(H,20,22)/t18-/m0/s1. The van der Waals surface area contributed by atoms with Crippen molar-refractivity contribution in [1.29, 1.82) is 0 Å². The summed E-state index contributed by atoms with van der Waals surface area (Å²) in [6.07, 6.45) is 2.62. The number of benzene rings is 2. The molecule has 1 amide bonds. The Hall–Kier alpha value is -2.13. The highest BCUT2D eigenvalue weighted by atomic mass is 16.3. The minimum atomic E-state index is -0.263. The molecule has 2 aromatic carbocycles. The van der Waals surface area contributed by atoms with Gasteiger partial charge in [-0.05, 0) is 48.4 Å². The lowest BCUT2D eigenvalue weighted by atomic mass is 10.0. The lowest BCUT2D eigenvalue weighted by Gasteiger charge is -2.10. The van der Waals surface area contributed by atoms with E-state index < -0.39 is 0 Å². The topological polar surface area (TPSA) is 49.3 Å². The molecule has 0 unspecified atom stereocenters. The molecule has 0 spiro atoms. The highest BCUT2D eigenvalue weighted by Crippen LogP contribution is 2.33. The summed E-state index contributed by atoms with van der Waals surface area (Å²) in [5.74, 6) is 0.379. The number of hydrogen-bond acceptors (Lipinski definition) is 2. The number of hydrogen-bond donors (Lipinski definition) is 2. The van der Waals surface area contributed by atoms with Crippen LogP contribution in [0.4, 0.5) is 0 Å². The van der Waals surface area contributed by atoms with Crippen molar-refractivity contribution in [2.24, 2.45) is 5.92 Å². The molecule has 2 N–H and O–H groups in total. The van der Waals surface area contributed by atoms with Gasteiger partial charge in [0.2, 0.25) is 0 Å². The number of aliphatic hydroxyl groups is 1. The SMILES string of the molecule is O=C(NCC[C@H](O)C1CC1)c1ccc(-c2ccccc2)cc1. The van der Waals surface area contributed by atoms with Crippen molar-refractivity contribution < 1.29 is 9.90 Å². The molecule has 0 radical (unpaired) electrons. The summed E-state index contributed by atoms with van der Waals surface area (Å²) in [5.41, 5.74) is 2.89. The van der Waals surface area contributed by atoms with Crippen LogP contribution in [0.25, 0.3) is 11.1 Å². The van der Waals surface area contributed by atoms with Gasteiger partial charge in [0.25, 0.3) is 5.91 Å². The van der Waals surface area contributed by atoms with Gasteiger partial charge in [-0.25, -0.2) is 0 Å². The zero-order chi connectivity index (χ0) is 15.4. The fourth-order valence-electron chi connectivity index (χ4n) is 2.60. The van der Waals surface area contributed by atoms with Crippen LogP contribution in [0.2, 0.25) is 0 Å². The van der Waals surface area contributed by atoms with Crippen LogP contribution in [0, 0.1) is 5.92 Å². The third kappa shape index (κ3) is 3.74. The predicted molar refractivity (Wildman–Crippen MR) is 87.6 cm³/mol. The summed E-state index contributed by atoms with van der Waals surface area (Å²) in [7, 11) is 0. The average molecular weight is 295 g/mol. The number of carbonyl (C=O) groups excluding carboxylic acids is 1. The maximum Gasteiger partial charge on any atom is 0.251 e. The predicted octanol–water partition coefficient (Wildman–Crippen LogP) is 3.24. The van der Waals surface area contributed by atoms with E-state index in [1.54, 1.807) is 0 Å². The fourth-order valence-corrected chi connectivity index (χ4v) is 2.60. The maximum absolute atomic E-state index is 12.1. The van der Waals surface area contributed by atoms with Gasteiger partial charge >= 0.3 is 0 Å². The Morgan fingerprint density at radius 2 is 1.68 bits per heavy atom. The number of carbonyl (C=O) groups is 1. The normalized spacial score (nSPS) is 15.3. The molecule has 2 aromatic rings. The molecule has 0 heterocycles. The summed E-state index contributed by atoms with van der Waals surface area (Å²) in [4.78, 5) is 12.1. The molecule has 3 heteroatoms. The number of amides is 1. The fraction of sp³-hybridized carbons (Fsp3) is 0.316. The molecule has 22 heavy (non-hydrogen) atoms. The number of rotatable bonds is 6. The van der Waals surface area contributed by atoms with Crippen LogP contribution in [0.5, 0.6) is 0 Å².